The highest BCUT2D eigenvalue weighted by Crippen LogP contribution is 2.28. The SMILES string of the molecule is CC[C@@H](O)C1CSC1. The van der Waals surface area contributed by atoms with Gasteiger partial charge in [-0.25, -0.2) is 0 Å². The average Bonchev–Trinajstić information content (AvgIpc) is 1.62. The third-order valence-corrected chi connectivity index (χ3v) is 2.95. The number of rotatable bonds is 2. The van der Waals surface area contributed by atoms with Crippen molar-refractivity contribution in [2.24, 2.45) is 5.92 Å². The Kier molecular flexibility index (Phi) is 2.20. The minimum Gasteiger partial charge on any atom is -0.393 e. The Morgan fingerprint density at radius 3 is 2.50 bits per heavy atom. The van der Waals surface area contributed by atoms with Crippen LogP contribution in [0.25, 0.3) is 0 Å². The highest BCUT2D eigenvalue weighted by atomic mass is 32.2. The smallest absolute Gasteiger partial charge is 0.0581 e. The van der Waals surface area contributed by atoms with Crippen molar-refractivity contribution in [2.45, 2.75) is 19.4 Å². The summed E-state index contributed by atoms with van der Waals surface area (Å²) in [6.45, 7) is 2.04. The summed E-state index contributed by atoms with van der Waals surface area (Å²) in [4.78, 5) is 0. The molecule has 0 aromatic rings. The molecule has 2 heteroatoms. The van der Waals surface area contributed by atoms with E-state index in [9.17, 15) is 0 Å². The maximum Gasteiger partial charge on any atom is 0.0581 e. The predicted octanol–water partition coefficient (Wildman–Crippen LogP) is 1.12. The predicted molar refractivity (Wildman–Crippen MR) is 37.1 cm³/mol. The van der Waals surface area contributed by atoms with Gasteiger partial charge in [0, 0.05) is 5.92 Å². The van der Waals surface area contributed by atoms with Crippen molar-refractivity contribution in [3.8, 4) is 0 Å². The molecule has 0 bridgehead atoms. The van der Waals surface area contributed by atoms with E-state index in [0.29, 0.717) is 5.92 Å². The van der Waals surface area contributed by atoms with Gasteiger partial charge in [-0.1, -0.05) is 6.92 Å². The molecule has 48 valence electrons. The maximum absolute atomic E-state index is 9.16. The Morgan fingerprint density at radius 1 is 1.75 bits per heavy atom. The summed E-state index contributed by atoms with van der Waals surface area (Å²) in [5.41, 5.74) is 0. The standard InChI is InChI=1S/C6H12OS/c1-2-6(7)5-3-8-4-5/h5-7H,2-4H2,1H3/t6-/m1/s1. The largest absolute Gasteiger partial charge is 0.393 e. The first-order chi connectivity index (χ1) is 3.84. The van der Waals surface area contributed by atoms with Crippen LogP contribution in [0, 0.1) is 5.92 Å². The van der Waals surface area contributed by atoms with Crippen molar-refractivity contribution in [3.63, 3.8) is 0 Å². The van der Waals surface area contributed by atoms with Crippen molar-refractivity contribution in [1.82, 2.24) is 0 Å². The van der Waals surface area contributed by atoms with E-state index in [4.69, 9.17) is 5.11 Å². The first kappa shape index (κ1) is 6.43. The van der Waals surface area contributed by atoms with E-state index in [2.05, 4.69) is 0 Å². The summed E-state index contributed by atoms with van der Waals surface area (Å²) in [7, 11) is 0. The summed E-state index contributed by atoms with van der Waals surface area (Å²) in [6, 6.07) is 0. The lowest BCUT2D eigenvalue weighted by Gasteiger charge is -2.28. The lowest BCUT2D eigenvalue weighted by Crippen LogP contribution is -2.30. The fourth-order valence-electron chi connectivity index (χ4n) is 0.809. The molecule has 1 heterocycles. The third-order valence-electron chi connectivity index (χ3n) is 1.63. The van der Waals surface area contributed by atoms with Gasteiger partial charge in [-0.05, 0) is 17.9 Å². The highest BCUT2D eigenvalue weighted by molar-refractivity contribution is 8.00. The van der Waals surface area contributed by atoms with E-state index < -0.39 is 0 Å². The Bertz CT molecular complexity index is 68.2. The zero-order valence-corrected chi connectivity index (χ0v) is 5.95. The topological polar surface area (TPSA) is 20.2 Å². The molecule has 1 rings (SSSR count). The summed E-state index contributed by atoms with van der Waals surface area (Å²) >= 11 is 1.93. The van der Waals surface area contributed by atoms with Crippen LogP contribution >= 0.6 is 11.8 Å². The molecule has 1 N–H and O–H groups in total. The van der Waals surface area contributed by atoms with Crippen LogP contribution < -0.4 is 0 Å². The van der Waals surface area contributed by atoms with Gasteiger partial charge < -0.3 is 5.11 Å². The Hall–Kier alpha value is 0.310. The van der Waals surface area contributed by atoms with Crippen molar-refractivity contribution in [1.29, 1.82) is 0 Å². The van der Waals surface area contributed by atoms with Crippen LogP contribution in [-0.2, 0) is 0 Å². The van der Waals surface area contributed by atoms with Crippen LogP contribution in [0.3, 0.4) is 0 Å². The van der Waals surface area contributed by atoms with Gasteiger partial charge in [0.1, 0.15) is 0 Å². The van der Waals surface area contributed by atoms with Crippen LogP contribution in [0.4, 0.5) is 0 Å². The number of aliphatic hydroxyl groups is 1. The summed E-state index contributed by atoms with van der Waals surface area (Å²) in [5, 5.41) is 9.16. The molecular formula is C6H12OS. The quantitative estimate of drug-likeness (QED) is 0.607. The number of aliphatic hydroxyl groups excluding tert-OH is 1. The van der Waals surface area contributed by atoms with Crippen molar-refractivity contribution >= 4 is 11.8 Å². The molecule has 0 spiro atoms. The van der Waals surface area contributed by atoms with E-state index in [1.807, 2.05) is 18.7 Å². The summed E-state index contributed by atoms with van der Waals surface area (Å²) in [5.74, 6) is 2.97. The van der Waals surface area contributed by atoms with E-state index in [1.165, 1.54) is 11.5 Å². The molecular weight excluding hydrogens is 120 g/mol. The molecule has 1 nitrogen and oxygen atoms in total. The molecule has 1 saturated heterocycles. The molecule has 0 aromatic carbocycles. The Labute approximate surface area is 54.5 Å². The van der Waals surface area contributed by atoms with Crippen molar-refractivity contribution in [2.75, 3.05) is 11.5 Å². The van der Waals surface area contributed by atoms with Crippen LogP contribution in [0.2, 0.25) is 0 Å². The average molecular weight is 132 g/mol. The van der Waals surface area contributed by atoms with E-state index in [1.54, 1.807) is 0 Å². The Balaban J connectivity index is 2.13. The molecule has 0 amide bonds. The summed E-state index contributed by atoms with van der Waals surface area (Å²) in [6.07, 6.45) is 0.904. The van der Waals surface area contributed by atoms with Gasteiger partial charge in [-0.2, -0.15) is 11.8 Å². The third kappa shape index (κ3) is 1.17. The van der Waals surface area contributed by atoms with Crippen molar-refractivity contribution < 1.29 is 5.11 Å². The highest BCUT2D eigenvalue weighted by Gasteiger charge is 2.24. The van der Waals surface area contributed by atoms with E-state index in [0.717, 1.165) is 6.42 Å². The Morgan fingerprint density at radius 2 is 2.38 bits per heavy atom. The van der Waals surface area contributed by atoms with Crippen LogP contribution in [0.1, 0.15) is 13.3 Å². The molecule has 0 saturated carbocycles. The van der Waals surface area contributed by atoms with Crippen LogP contribution in [0.15, 0.2) is 0 Å². The minimum absolute atomic E-state index is 0.0174. The maximum atomic E-state index is 9.16. The second-order valence-electron chi connectivity index (χ2n) is 2.27. The van der Waals surface area contributed by atoms with Gasteiger partial charge in [-0.3, -0.25) is 0 Å². The van der Waals surface area contributed by atoms with Gasteiger partial charge in [0.25, 0.3) is 0 Å². The van der Waals surface area contributed by atoms with Gasteiger partial charge in [0.15, 0.2) is 0 Å². The number of hydrogen-bond donors (Lipinski definition) is 1. The fourth-order valence-corrected chi connectivity index (χ4v) is 1.76. The molecule has 1 fully saturated rings. The van der Waals surface area contributed by atoms with Crippen molar-refractivity contribution in [3.05, 3.63) is 0 Å². The molecule has 1 aliphatic rings. The van der Waals surface area contributed by atoms with Gasteiger partial charge in [0.2, 0.25) is 0 Å². The molecule has 8 heavy (non-hydrogen) atoms. The van der Waals surface area contributed by atoms with Gasteiger partial charge >= 0.3 is 0 Å². The molecule has 1 atom stereocenters. The molecule has 0 aromatic heterocycles. The fraction of sp³-hybridized carbons (Fsp3) is 1.00. The van der Waals surface area contributed by atoms with Gasteiger partial charge in [-0.15, -0.1) is 0 Å². The molecule has 1 aliphatic heterocycles. The van der Waals surface area contributed by atoms with E-state index in [-0.39, 0.29) is 6.10 Å². The minimum atomic E-state index is -0.0174. The second-order valence-corrected chi connectivity index (χ2v) is 3.35. The monoisotopic (exact) mass is 132 g/mol. The van der Waals surface area contributed by atoms with Gasteiger partial charge in [0.05, 0.1) is 6.10 Å². The zero-order chi connectivity index (χ0) is 5.98. The lowest BCUT2D eigenvalue weighted by molar-refractivity contribution is 0.121. The first-order valence-corrected chi connectivity index (χ1v) is 4.26. The normalized spacial score (nSPS) is 24.8. The van der Waals surface area contributed by atoms with Crippen LogP contribution in [-0.4, -0.2) is 22.7 Å². The van der Waals surface area contributed by atoms with E-state index >= 15 is 0 Å². The first-order valence-electron chi connectivity index (χ1n) is 3.10. The molecule has 0 unspecified atom stereocenters. The molecule has 0 aliphatic carbocycles. The molecule has 0 radical (unpaired) electrons. The summed E-state index contributed by atoms with van der Waals surface area (Å²) < 4.78 is 0. The lowest BCUT2D eigenvalue weighted by atomic mass is 10.0. The zero-order valence-electron chi connectivity index (χ0n) is 5.13. The van der Waals surface area contributed by atoms with Crippen LogP contribution in [0.5, 0.6) is 0 Å². The number of hydrogen-bond acceptors (Lipinski definition) is 2. The number of thioether (sulfide) groups is 1. The second kappa shape index (κ2) is 2.74.